The molecule has 4 nitrogen and oxygen atoms in total. The van der Waals surface area contributed by atoms with Crippen LogP contribution in [0.15, 0.2) is 6.20 Å². The smallest absolute Gasteiger partial charge is 0.0964 e. The van der Waals surface area contributed by atoms with Gasteiger partial charge in [0.05, 0.1) is 5.69 Å². The molecule has 4 heteroatoms. The summed E-state index contributed by atoms with van der Waals surface area (Å²) in [6, 6.07) is 0. The second-order valence-corrected chi connectivity index (χ2v) is 3.48. The highest BCUT2D eigenvalue weighted by atomic mass is 15.4. The zero-order valence-corrected chi connectivity index (χ0v) is 8.62. The predicted octanol–water partition coefficient (Wildman–Crippen LogP) is 1.04. The van der Waals surface area contributed by atoms with Crippen LogP contribution in [-0.4, -0.2) is 22.0 Å². The summed E-state index contributed by atoms with van der Waals surface area (Å²) in [6.07, 6.45) is 3.18. The van der Waals surface area contributed by atoms with Crippen molar-refractivity contribution in [2.45, 2.75) is 33.4 Å². The van der Waals surface area contributed by atoms with Gasteiger partial charge in [-0.15, -0.1) is 5.10 Å². The van der Waals surface area contributed by atoms with Gasteiger partial charge in [0, 0.05) is 19.3 Å². The summed E-state index contributed by atoms with van der Waals surface area (Å²) in [4.78, 5) is 0. The van der Waals surface area contributed by atoms with Gasteiger partial charge in [-0.3, -0.25) is 4.68 Å². The van der Waals surface area contributed by atoms with Gasteiger partial charge in [0.15, 0.2) is 0 Å². The second kappa shape index (κ2) is 4.97. The molecule has 1 rings (SSSR count). The minimum absolute atomic E-state index is 0.670. The van der Waals surface area contributed by atoms with E-state index in [9.17, 15) is 0 Å². The van der Waals surface area contributed by atoms with Crippen molar-refractivity contribution in [3.8, 4) is 0 Å². The van der Waals surface area contributed by atoms with Crippen molar-refractivity contribution >= 4 is 0 Å². The van der Waals surface area contributed by atoms with E-state index in [1.54, 1.807) is 0 Å². The molecular weight excluding hydrogens is 164 g/mol. The monoisotopic (exact) mass is 182 g/mol. The third-order valence-corrected chi connectivity index (χ3v) is 2.14. The molecule has 0 amide bonds. The summed E-state index contributed by atoms with van der Waals surface area (Å²) in [5, 5.41) is 11.1. The molecule has 0 saturated carbocycles. The van der Waals surface area contributed by atoms with Crippen molar-refractivity contribution in [3.05, 3.63) is 11.9 Å². The molecule has 0 fully saturated rings. The highest BCUT2D eigenvalue weighted by Crippen LogP contribution is 2.04. The van der Waals surface area contributed by atoms with Gasteiger partial charge in [0.25, 0.3) is 0 Å². The molecule has 0 aliphatic carbocycles. The largest absolute Gasteiger partial charge is 0.314 e. The first kappa shape index (κ1) is 10.2. The van der Waals surface area contributed by atoms with Crippen LogP contribution in [0.1, 0.15) is 26.0 Å². The Balaban J connectivity index is 2.48. The molecule has 0 bridgehead atoms. The Morgan fingerprint density at radius 2 is 2.38 bits per heavy atom. The van der Waals surface area contributed by atoms with Crippen molar-refractivity contribution < 1.29 is 0 Å². The molecule has 0 aromatic carbocycles. The van der Waals surface area contributed by atoms with Crippen LogP contribution in [0.2, 0.25) is 0 Å². The van der Waals surface area contributed by atoms with Crippen molar-refractivity contribution in [2.75, 3.05) is 7.05 Å². The number of hydrogen-bond donors (Lipinski definition) is 1. The molecule has 1 heterocycles. The van der Waals surface area contributed by atoms with Crippen LogP contribution in [0, 0.1) is 5.92 Å². The summed E-state index contributed by atoms with van der Waals surface area (Å²) in [7, 11) is 1.91. The molecular formula is C9H18N4. The van der Waals surface area contributed by atoms with E-state index in [2.05, 4.69) is 29.5 Å². The van der Waals surface area contributed by atoms with Crippen LogP contribution >= 0.6 is 0 Å². The molecule has 0 aliphatic rings. The highest BCUT2D eigenvalue weighted by Gasteiger charge is 2.03. The molecule has 0 spiro atoms. The average Bonchev–Trinajstić information content (AvgIpc) is 2.53. The normalized spacial score (nSPS) is 13.2. The van der Waals surface area contributed by atoms with Gasteiger partial charge in [-0.2, -0.15) is 0 Å². The van der Waals surface area contributed by atoms with Gasteiger partial charge in [0.1, 0.15) is 0 Å². The molecule has 1 unspecified atom stereocenters. The minimum Gasteiger partial charge on any atom is -0.314 e. The summed E-state index contributed by atoms with van der Waals surface area (Å²) < 4.78 is 1.92. The van der Waals surface area contributed by atoms with Crippen molar-refractivity contribution in [3.63, 3.8) is 0 Å². The fourth-order valence-corrected chi connectivity index (χ4v) is 1.14. The number of aromatic nitrogens is 3. The Morgan fingerprint density at radius 3 is 3.00 bits per heavy atom. The molecule has 0 saturated heterocycles. The fourth-order valence-electron chi connectivity index (χ4n) is 1.14. The van der Waals surface area contributed by atoms with Crippen molar-refractivity contribution in [1.82, 2.24) is 20.3 Å². The maximum Gasteiger partial charge on any atom is 0.0964 e. The summed E-state index contributed by atoms with van der Waals surface area (Å²) in [6.45, 7) is 6.17. The van der Waals surface area contributed by atoms with Crippen molar-refractivity contribution in [2.24, 2.45) is 5.92 Å². The Labute approximate surface area is 79.3 Å². The fraction of sp³-hybridized carbons (Fsp3) is 0.778. The lowest BCUT2D eigenvalue weighted by atomic mass is 10.1. The van der Waals surface area contributed by atoms with Gasteiger partial charge < -0.3 is 5.32 Å². The highest BCUT2D eigenvalue weighted by molar-refractivity contribution is 4.91. The third kappa shape index (κ3) is 3.14. The first-order valence-electron chi connectivity index (χ1n) is 4.79. The van der Waals surface area contributed by atoms with E-state index in [-0.39, 0.29) is 0 Å². The van der Waals surface area contributed by atoms with Crippen LogP contribution in [-0.2, 0) is 13.1 Å². The van der Waals surface area contributed by atoms with E-state index in [4.69, 9.17) is 0 Å². The van der Waals surface area contributed by atoms with Crippen LogP contribution in [0.3, 0.4) is 0 Å². The molecule has 13 heavy (non-hydrogen) atoms. The molecule has 1 atom stereocenters. The number of rotatable bonds is 5. The van der Waals surface area contributed by atoms with E-state index >= 15 is 0 Å². The van der Waals surface area contributed by atoms with Gasteiger partial charge >= 0.3 is 0 Å². The zero-order valence-electron chi connectivity index (χ0n) is 8.62. The topological polar surface area (TPSA) is 42.7 Å². The third-order valence-electron chi connectivity index (χ3n) is 2.14. The summed E-state index contributed by atoms with van der Waals surface area (Å²) in [5.74, 6) is 0.670. The minimum atomic E-state index is 0.670. The van der Waals surface area contributed by atoms with Crippen LogP contribution in [0.4, 0.5) is 0 Å². The Morgan fingerprint density at radius 1 is 1.62 bits per heavy atom. The van der Waals surface area contributed by atoms with E-state index in [0.29, 0.717) is 5.92 Å². The molecule has 1 aromatic heterocycles. The lowest BCUT2D eigenvalue weighted by Crippen LogP contribution is -2.07. The molecule has 0 radical (unpaired) electrons. The molecule has 0 aliphatic heterocycles. The van der Waals surface area contributed by atoms with Gasteiger partial charge in [0.2, 0.25) is 0 Å². The first-order chi connectivity index (χ1) is 6.26. The summed E-state index contributed by atoms with van der Waals surface area (Å²) in [5.41, 5.74) is 1.01. The van der Waals surface area contributed by atoms with Gasteiger partial charge in [-0.25, -0.2) is 0 Å². The van der Waals surface area contributed by atoms with Crippen LogP contribution < -0.4 is 5.32 Å². The van der Waals surface area contributed by atoms with Gasteiger partial charge in [-0.05, 0) is 13.0 Å². The summed E-state index contributed by atoms with van der Waals surface area (Å²) >= 11 is 0. The van der Waals surface area contributed by atoms with Crippen molar-refractivity contribution in [1.29, 1.82) is 0 Å². The SMILES string of the molecule is CCC(C)Cn1cc(CNC)nn1. The molecule has 74 valence electrons. The lowest BCUT2D eigenvalue weighted by Gasteiger charge is -2.06. The number of hydrogen-bond acceptors (Lipinski definition) is 3. The number of nitrogens with zero attached hydrogens (tertiary/aromatic N) is 3. The molecule has 1 aromatic rings. The Hall–Kier alpha value is -0.900. The lowest BCUT2D eigenvalue weighted by molar-refractivity contribution is 0.431. The van der Waals surface area contributed by atoms with Gasteiger partial charge in [-0.1, -0.05) is 25.5 Å². The number of nitrogens with one attached hydrogen (secondary N) is 1. The quantitative estimate of drug-likeness (QED) is 0.740. The molecule has 1 N–H and O–H groups in total. The standard InChI is InChI=1S/C9H18N4/c1-4-8(2)6-13-7-9(5-10-3)11-12-13/h7-8,10H,4-6H2,1-3H3. The Kier molecular flexibility index (Phi) is 3.89. The Bertz CT molecular complexity index is 244. The predicted molar refractivity (Wildman–Crippen MR) is 52.2 cm³/mol. The zero-order chi connectivity index (χ0) is 9.68. The van der Waals surface area contributed by atoms with E-state index in [0.717, 1.165) is 18.8 Å². The average molecular weight is 182 g/mol. The van der Waals surface area contributed by atoms with Crippen LogP contribution in [0.5, 0.6) is 0 Å². The van der Waals surface area contributed by atoms with Crippen LogP contribution in [0.25, 0.3) is 0 Å². The first-order valence-corrected chi connectivity index (χ1v) is 4.79. The van der Waals surface area contributed by atoms with E-state index in [1.165, 1.54) is 6.42 Å². The maximum absolute atomic E-state index is 4.05. The van der Waals surface area contributed by atoms with E-state index < -0.39 is 0 Å². The maximum atomic E-state index is 4.05. The van der Waals surface area contributed by atoms with E-state index in [1.807, 2.05) is 17.9 Å². The second-order valence-electron chi connectivity index (χ2n) is 3.48.